The van der Waals surface area contributed by atoms with Gasteiger partial charge < -0.3 is 0 Å². The topological polar surface area (TPSA) is 25.2 Å². The first-order valence-corrected chi connectivity index (χ1v) is 9.06. The number of hydrogen-bond acceptors (Lipinski definition) is 2. The van der Waals surface area contributed by atoms with Crippen LogP contribution in [0.3, 0.4) is 0 Å². The van der Waals surface area contributed by atoms with Gasteiger partial charge in [-0.2, -0.15) is 0 Å². The molecule has 0 atom stereocenters. The van der Waals surface area contributed by atoms with Crippen LogP contribution >= 0.6 is 0 Å². The smallest absolute Gasteiger partial charge is 0.0658 e. The summed E-state index contributed by atoms with van der Waals surface area (Å²) in [7, 11) is 0. The molecule has 0 fully saturated rings. The molecule has 132 valence electrons. The minimum Gasteiger partial charge on any atom is -0.260 e. The highest BCUT2D eigenvalue weighted by Crippen LogP contribution is 2.27. The Balaban J connectivity index is 0.00000123. The molecule has 0 bridgehead atoms. The molecule has 2 nitrogen and oxygen atoms in total. The lowest BCUT2D eigenvalue weighted by Gasteiger charge is -2.08. The second-order valence-electron chi connectivity index (χ2n) is 5.69. The van der Waals surface area contributed by atoms with E-state index in [2.05, 4.69) is 61.1 Å². The van der Waals surface area contributed by atoms with Crippen LogP contribution in [0.15, 0.2) is 41.5 Å². The maximum absolute atomic E-state index is 4.53. The highest BCUT2D eigenvalue weighted by molar-refractivity contribution is 5.83. The predicted octanol–water partition coefficient (Wildman–Crippen LogP) is 7.35. The SMILES string of the molecule is CC.CC.CC(C)=Nc1ccc(-c2ccc(C(C)C)nc2)cc1C. The third kappa shape index (κ3) is 6.66. The maximum Gasteiger partial charge on any atom is 0.0658 e. The van der Waals surface area contributed by atoms with Crippen molar-refractivity contribution in [1.29, 1.82) is 0 Å². The Morgan fingerprint density at radius 1 is 0.917 bits per heavy atom. The Bertz CT molecular complexity index is 619. The van der Waals surface area contributed by atoms with E-state index in [9.17, 15) is 0 Å². The van der Waals surface area contributed by atoms with Crippen LogP contribution in [0.1, 0.15) is 72.6 Å². The zero-order valence-corrected chi connectivity index (χ0v) is 16.9. The van der Waals surface area contributed by atoms with E-state index >= 15 is 0 Å². The lowest BCUT2D eigenvalue weighted by atomic mass is 10.0. The van der Waals surface area contributed by atoms with Crippen molar-refractivity contribution in [3.05, 3.63) is 47.8 Å². The van der Waals surface area contributed by atoms with Gasteiger partial charge in [0.1, 0.15) is 0 Å². The average molecular weight is 327 g/mol. The fraction of sp³-hybridized carbons (Fsp3) is 0.455. The molecule has 1 aromatic carbocycles. The van der Waals surface area contributed by atoms with Crippen LogP contribution in [-0.2, 0) is 0 Å². The summed E-state index contributed by atoms with van der Waals surface area (Å²) in [5.41, 5.74) is 6.79. The lowest BCUT2D eigenvalue weighted by Crippen LogP contribution is -1.92. The Morgan fingerprint density at radius 3 is 1.92 bits per heavy atom. The molecule has 0 aliphatic rings. The Kier molecular flexibility index (Phi) is 10.6. The summed E-state index contributed by atoms with van der Waals surface area (Å²) in [5, 5.41) is 0. The second-order valence-corrected chi connectivity index (χ2v) is 5.69. The minimum absolute atomic E-state index is 0.468. The van der Waals surface area contributed by atoms with Gasteiger partial charge in [-0.05, 0) is 56.0 Å². The fourth-order valence-electron chi connectivity index (χ4n) is 2.12. The molecule has 2 heteroatoms. The first-order chi connectivity index (χ1) is 11.5. The van der Waals surface area contributed by atoms with Crippen molar-refractivity contribution < 1.29 is 0 Å². The molecule has 0 saturated heterocycles. The van der Waals surface area contributed by atoms with Crippen molar-refractivity contribution in [2.75, 3.05) is 0 Å². The van der Waals surface area contributed by atoms with Crippen molar-refractivity contribution in [1.82, 2.24) is 4.98 Å². The number of pyridine rings is 1. The first kappa shape index (κ1) is 22.0. The third-order valence-corrected chi connectivity index (χ3v) is 3.25. The van der Waals surface area contributed by atoms with E-state index in [1.165, 1.54) is 11.1 Å². The number of aryl methyl sites for hydroxylation is 1. The van der Waals surface area contributed by atoms with E-state index in [0.717, 1.165) is 22.7 Å². The zero-order valence-electron chi connectivity index (χ0n) is 16.9. The lowest BCUT2D eigenvalue weighted by molar-refractivity contribution is 0.823. The molecule has 0 unspecified atom stereocenters. The molecule has 0 N–H and O–H groups in total. The first-order valence-electron chi connectivity index (χ1n) is 9.06. The largest absolute Gasteiger partial charge is 0.260 e. The van der Waals surface area contributed by atoms with E-state index < -0.39 is 0 Å². The van der Waals surface area contributed by atoms with E-state index in [0.29, 0.717) is 5.92 Å². The van der Waals surface area contributed by atoms with Gasteiger partial charge in [-0.3, -0.25) is 9.98 Å². The van der Waals surface area contributed by atoms with E-state index in [-0.39, 0.29) is 0 Å². The highest BCUT2D eigenvalue weighted by atomic mass is 14.7. The number of aliphatic imine (C=N–C) groups is 1. The summed E-state index contributed by atoms with van der Waals surface area (Å²) in [6.45, 7) is 18.4. The van der Waals surface area contributed by atoms with Gasteiger partial charge in [0.15, 0.2) is 0 Å². The summed E-state index contributed by atoms with van der Waals surface area (Å²) in [6, 6.07) is 10.6. The fourth-order valence-corrected chi connectivity index (χ4v) is 2.12. The van der Waals surface area contributed by atoms with Gasteiger partial charge in [0.25, 0.3) is 0 Å². The zero-order chi connectivity index (χ0) is 18.7. The molecule has 1 heterocycles. The van der Waals surface area contributed by atoms with Crippen molar-refractivity contribution in [2.45, 2.75) is 68.2 Å². The molecule has 24 heavy (non-hydrogen) atoms. The molecule has 2 aromatic rings. The molecule has 1 aromatic heterocycles. The van der Waals surface area contributed by atoms with Gasteiger partial charge in [0.05, 0.1) is 5.69 Å². The van der Waals surface area contributed by atoms with E-state index in [1.807, 2.05) is 47.7 Å². The summed E-state index contributed by atoms with van der Waals surface area (Å²) in [6.07, 6.45) is 1.96. The molecule has 0 saturated carbocycles. The standard InChI is InChI=1S/C18H22N2.2C2H6/c1-12(2)17-8-7-16(11-19-17)15-6-9-18(14(5)10-15)20-13(3)4;2*1-2/h6-12H,1-5H3;2*1-2H3. The van der Waals surface area contributed by atoms with E-state index in [4.69, 9.17) is 0 Å². The van der Waals surface area contributed by atoms with Crippen LogP contribution < -0.4 is 0 Å². The van der Waals surface area contributed by atoms with Crippen LogP contribution in [0.2, 0.25) is 0 Å². The van der Waals surface area contributed by atoms with Crippen molar-refractivity contribution >= 4 is 11.4 Å². The van der Waals surface area contributed by atoms with E-state index in [1.54, 1.807) is 0 Å². The minimum atomic E-state index is 0.468. The van der Waals surface area contributed by atoms with Crippen LogP contribution in [-0.4, -0.2) is 10.7 Å². The second kappa shape index (κ2) is 11.6. The predicted molar refractivity (Wildman–Crippen MR) is 110 cm³/mol. The summed E-state index contributed by atoms with van der Waals surface area (Å²) in [5.74, 6) is 0.468. The summed E-state index contributed by atoms with van der Waals surface area (Å²) >= 11 is 0. The van der Waals surface area contributed by atoms with Gasteiger partial charge in [-0.1, -0.05) is 53.7 Å². The quantitative estimate of drug-likeness (QED) is 0.541. The molecular weight excluding hydrogens is 292 g/mol. The molecule has 0 amide bonds. The Hall–Kier alpha value is -1.96. The molecular formula is C22H34N2. The molecule has 0 radical (unpaired) electrons. The third-order valence-electron chi connectivity index (χ3n) is 3.25. The Morgan fingerprint density at radius 2 is 1.50 bits per heavy atom. The van der Waals surface area contributed by atoms with Crippen LogP contribution in [0.5, 0.6) is 0 Å². The number of nitrogens with zero attached hydrogens (tertiary/aromatic N) is 2. The molecule has 0 spiro atoms. The maximum atomic E-state index is 4.53. The average Bonchev–Trinajstić information content (AvgIpc) is 2.60. The number of benzene rings is 1. The van der Waals surface area contributed by atoms with Gasteiger partial charge in [0, 0.05) is 23.2 Å². The van der Waals surface area contributed by atoms with Gasteiger partial charge >= 0.3 is 0 Å². The normalized spacial score (nSPS) is 9.42. The molecule has 0 aliphatic heterocycles. The van der Waals surface area contributed by atoms with Crippen LogP contribution in [0, 0.1) is 6.92 Å². The Labute approximate surface area is 149 Å². The van der Waals surface area contributed by atoms with Gasteiger partial charge in [-0.15, -0.1) is 0 Å². The van der Waals surface area contributed by atoms with Crippen LogP contribution in [0.4, 0.5) is 5.69 Å². The molecule has 2 rings (SSSR count). The molecule has 0 aliphatic carbocycles. The summed E-state index contributed by atoms with van der Waals surface area (Å²) in [4.78, 5) is 9.06. The number of rotatable bonds is 3. The highest BCUT2D eigenvalue weighted by Gasteiger charge is 2.04. The number of aromatic nitrogens is 1. The number of hydrogen-bond donors (Lipinski definition) is 0. The van der Waals surface area contributed by atoms with Crippen molar-refractivity contribution in [3.8, 4) is 11.1 Å². The van der Waals surface area contributed by atoms with Gasteiger partial charge in [0.2, 0.25) is 0 Å². The van der Waals surface area contributed by atoms with Crippen molar-refractivity contribution in [2.24, 2.45) is 4.99 Å². The monoisotopic (exact) mass is 326 g/mol. The van der Waals surface area contributed by atoms with Gasteiger partial charge in [-0.25, -0.2) is 0 Å². The summed E-state index contributed by atoms with van der Waals surface area (Å²) < 4.78 is 0. The van der Waals surface area contributed by atoms with Crippen LogP contribution in [0.25, 0.3) is 11.1 Å². The van der Waals surface area contributed by atoms with Crippen molar-refractivity contribution in [3.63, 3.8) is 0 Å².